The Morgan fingerprint density at radius 1 is 1.05 bits per heavy atom. The van der Waals surface area contributed by atoms with E-state index in [4.69, 9.17) is 15.2 Å². The minimum Gasteiger partial charge on any atom is -0.454 e. The number of nitrogens with zero attached hydrogens (tertiary/aromatic N) is 1. The molecule has 0 radical (unpaired) electrons. The van der Waals surface area contributed by atoms with Crippen molar-refractivity contribution in [2.75, 3.05) is 31.9 Å². The highest BCUT2D eigenvalue weighted by Crippen LogP contribution is 2.34. The summed E-state index contributed by atoms with van der Waals surface area (Å²) >= 11 is 0. The highest BCUT2D eigenvalue weighted by atomic mass is 32.2. The van der Waals surface area contributed by atoms with Crippen LogP contribution in [-0.2, 0) is 31.1 Å². The molecule has 0 unspecified atom stereocenters. The Morgan fingerprint density at radius 3 is 2.34 bits per heavy atom. The molecule has 0 saturated heterocycles. The average Bonchev–Trinajstić information content (AvgIpc) is 3.30. The topological polar surface area (TPSA) is 165 Å². The molecule has 0 spiro atoms. The molecule has 1 aliphatic heterocycles. The zero-order valence-corrected chi connectivity index (χ0v) is 23.2. The van der Waals surface area contributed by atoms with Gasteiger partial charge in [0.2, 0.25) is 22.7 Å². The number of hydrogen-bond acceptors (Lipinski definition) is 9. The second-order valence-electron chi connectivity index (χ2n) is 9.80. The van der Waals surface area contributed by atoms with Gasteiger partial charge in [0.25, 0.3) is 0 Å². The molecule has 0 saturated carbocycles. The molecule has 3 atom stereocenters. The molecule has 3 rings (SSSR count). The standard InChI is InChI=1S/C25H35N3O8S2/c1-17(2)13-28(38(33,34)19-9-10-23-24(12-19)36-16-35-23)14-22(29)21(11-18-7-5-4-6-8-18)27-25(30)20(26)15-37(3,31)32/h4-10,12,17,20-22,29H,11,13-16,26H2,1-3H3,(H,27,30)/t20-,21-,22+/m0/s1. The average molecular weight is 570 g/mol. The third kappa shape index (κ3) is 8.14. The fourth-order valence-corrected chi connectivity index (χ4v) is 6.48. The number of fused-ring (bicyclic) bond motifs is 1. The summed E-state index contributed by atoms with van der Waals surface area (Å²) in [5.74, 6) is -0.647. The maximum absolute atomic E-state index is 13.6. The lowest BCUT2D eigenvalue weighted by Crippen LogP contribution is -2.55. The molecule has 1 amide bonds. The summed E-state index contributed by atoms with van der Waals surface area (Å²) in [5, 5.41) is 13.9. The van der Waals surface area contributed by atoms with Crippen LogP contribution in [0.3, 0.4) is 0 Å². The fourth-order valence-electron chi connectivity index (χ4n) is 4.04. The van der Waals surface area contributed by atoms with Crippen molar-refractivity contribution in [2.45, 2.75) is 43.4 Å². The molecule has 2 aromatic rings. The third-order valence-electron chi connectivity index (χ3n) is 5.85. The lowest BCUT2D eigenvalue weighted by atomic mass is 10.0. The van der Waals surface area contributed by atoms with Gasteiger partial charge < -0.3 is 25.6 Å². The van der Waals surface area contributed by atoms with Gasteiger partial charge in [0.05, 0.1) is 28.8 Å². The molecule has 0 aliphatic carbocycles. The zero-order valence-electron chi connectivity index (χ0n) is 21.6. The largest absolute Gasteiger partial charge is 0.454 e. The minimum atomic E-state index is -4.07. The van der Waals surface area contributed by atoms with E-state index in [-0.39, 0.29) is 37.1 Å². The van der Waals surface area contributed by atoms with E-state index in [1.165, 1.54) is 22.5 Å². The van der Waals surface area contributed by atoms with Crippen molar-refractivity contribution in [2.24, 2.45) is 11.7 Å². The second-order valence-corrected chi connectivity index (χ2v) is 13.9. The Balaban J connectivity index is 1.86. The van der Waals surface area contributed by atoms with Crippen molar-refractivity contribution >= 4 is 25.8 Å². The SMILES string of the molecule is CC(C)CN(C[C@@H](O)[C@H](Cc1ccccc1)NC(=O)[C@@H](N)CS(C)(=O)=O)S(=O)(=O)c1ccc2c(c1)OCO2. The van der Waals surface area contributed by atoms with Crippen LogP contribution in [0.15, 0.2) is 53.4 Å². The molecule has 1 aliphatic rings. The summed E-state index contributed by atoms with van der Waals surface area (Å²) in [6.45, 7) is 3.47. The van der Waals surface area contributed by atoms with Gasteiger partial charge in [-0.15, -0.1) is 0 Å². The van der Waals surface area contributed by atoms with Crippen molar-refractivity contribution in [3.05, 3.63) is 54.1 Å². The number of amides is 1. The summed E-state index contributed by atoms with van der Waals surface area (Å²) in [4.78, 5) is 12.7. The number of rotatable bonds is 13. The molecule has 2 aromatic carbocycles. The molecular weight excluding hydrogens is 534 g/mol. The van der Waals surface area contributed by atoms with Crippen LogP contribution < -0.4 is 20.5 Å². The number of nitrogens with two attached hydrogens (primary N) is 1. The number of sulfone groups is 1. The molecule has 11 nitrogen and oxygen atoms in total. The number of aliphatic hydroxyl groups is 1. The van der Waals surface area contributed by atoms with Crippen molar-refractivity contribution in [3.8, 4) is 11.5 Å². The number of carbonyl (C=O) groups excluding carboxylic acids is 1. The first-order valence-electron chi connectivity index (χ1n) is 12.1. The molecule has 0 aromatic heterocycles. The summed E-state index contributed by atoms with van der Waals surface area (Å²) in [6, 6.07) is 11.0. The Labute approximate surface area is 223 Å². The maximum atomic E-state index is 13.6. The summed E-state index contributed by atoms with van der Waals surface area (Å²) in [6.07, 6.45) is -0.202. The Kier molecular flexibility index (Phi) is 9.76. The van der Waals surface area contributed by atoms with E-state index in [0.29, 0.717) is 11.5 Å². The molecule has 4 N–H and O–H groups in total. The molecule has 0 fully saturated rings. The van der Waals surface area contributed by atoms with Crippen LogP contribution >= 0.6 is 0 Å². The van der Waals surface area contributed by atoms with Crippen molar-refractivity contribution in [1.82, 2.24) is 9.62 Å². The Bertz CT molecular complexity index is 1320. The first kappa shape index (κ1) is 29.8. The number of hydrogen-bond donors (Lipinski definition) is 3. The van der Waals surface area contributed by atoms with Crippen LogP contribution in [0.1, 0.15) is 19.4 Å². The Morgan fingerprint density at radius 2 is 1.71 bits per heavy atom. The molecule has 38 heavy (non-hydrogen) atoms. The number of nitrogens with one attached hydrogen (secondary N) is 1. The van der Waals surface area contributed by atoms with Crippen molar-refractivity contribution < 1.29 is 36.2 Å². The number of aliphatic hydroxyl groups excluding tert-OH is 1. The van der Waals surface area contributed by atoms with Gasteiger partial charge in [-0.25, -0.2) is 16.8 Å². The smallest absolute Gasteiger partial charge is 0.243 e. The van der Waals surface area contributed by atoms with Gasteiger partial charge in [0.1, 0.15) is 9.84 Å². The van der Waals surface area contributed by atoms with E-state index in [1.54, 1.807) is 24.3 Å². The lowest BCUT2D eigenvalue weighted by Gasteiger charge is -2.31. The van der Waals surface area contributed by atoms with E-state index in [9.17, 15) is 26.7 Å². The van der Waals surface area contributed by atoms with E-state index in [1.807, 2.05) is 19.9 Å². The quantitative estimate of drug-likeness (QED) is 0.312. The van der Waals surface area contributed by atoms with Gasteiger partial charge in [-0.2, -0.15) is 4.31 Å². The van der Waals surface area contributed by atoms with Crippen LogP contribution in [0.25, 0.3) is 0 Å². The van der Waals surface area contributed by atoms with Gasteiger partial charge in [0, 0.05) is 25.4 Å². The number of benzene rings is 2. The van der Waals surface area contributed by atoms with Crippen LogP contribution in [-0.4, -0.2) is 82.2 Å². The molecular formula is C25H35N3O8S2. The zero-order chi connectivity index (χ0) is 28.1. The first-order valence-corrected chi connectivity index (χ1v) is 15.6. The highest BCUT2D eigenvalue weighted by molar-refractivity contribution is 7.90. The van der Waals surface area contributed by atoms with Gasteiger partial charge in [-0.05, 0) is 30.0 Å². The second kappa shape index (κ2) is 12.4. The van der Waals surface area contributed by atoms with Crippen molar-refractivity contribution in [1.29, 1.82) is 0 Å². The predicted octanol–water partition coefficient (Wildman–Crippen LogP) is 0.522. The van der Waals surface area contributed by atoms with E-state index >= 15 is 0 Å². The van der Waals surface area contributed by atoms with Crippen molar-refractivity contribution in [3.63, 3.8) is 0 Å². The molecule has 0 bridgehead atoms. The predicted molar refractivity (Wildman–Crippen MR) is 142 cm³/mol. The van der Waals surface area contributed by atoms with Gasteiger partial charge in [-0.1, -0.05) is 44.2 Å². The number of sulfonamides is 1. The van der Waals surface area contributed by atoms with Gasteiger partial charge in [-0.3, -0.25) is 4.79 Å². The van der Waals surface area contributed by atoms with Crippen LogP contribution in [0.5, 0.6) is 11.5 Å². The summed E-state index contributed by atoms with van der Waals surface area (Å²) < 4.78 is 62.2. The van der Waals surface area contributed by atoms with E-state index in [0.717, 1.165) is 11.8 Å². The minimum absolute atomic E-state index is 0.00438. The molecule has 1 heterocycles. The van der Waals surface area contributed by atoms with Crippen LogP contribution in [0.4, 0.5) is 0 Å². The monoisotopic (exact) mass is 569 g/mol. The highest BCUT2D eigenvalue weighted by Gasteiger charge is 2.33. The van der Waals surface area contributed by atoms with E-state index in [2.05, 4.69) is 5.32 Å². The van der Waals surface area contributed by atoms with Crippen LogP contribution in [0, 0.1) is 5.92 Å². The van der Waals surface area contributed by atoms with Crippen LogP contribution in [0.2, 0.25) is 0 Å². The maximum Gasteiger partial charge on any atom is 0.243 e. The lowest BCUT2D eigenvalue weighted by molar-refractivity contribution is -0.123. The van der Waals surface area contributed by atoms with Gasteiger partial charge >= 0.3 is 0 Å². The summed E-state index contributed by atoms with van der Waals surface area (Å²) in [5.41, 5.74) is 6.58. The number of carbonyl (C=O) groups is 1. The normalized spacial score (nSPS) is 15.9. The molecule has 13 heteroatoms. The fraction of sp³-hybridized carbons (Fsp3) is 0.480. The van der Waals surface area contributed by atoms with Gasteiger partial charge in [0.15, 0.2) is 11.5 Å². The third-order valence-corrected chi connectivity index (χ3v) is 8.64. The van der Waals surface area contributed by atoms with E-state index < -0.39 is 49.7 Å². The first-order chi connectivity index (χ1) is 17.8. The molecule has 210 valence electrons. The number of ether oxygens (including phenoxy) is 2. The summed E-state index contributed by atoms with van der Waals surface area (Å²) in [7, 11) is -7.59. The Hall–Kier alpha value is -2.71.